The van der Waals surface area contributed by atoms with E-state index in [4.69, 9.17) is 14.2 Å². The van der Waals surface area contributed by atoms with Crippen molar-refractivity contribution in [3.05, 3.63) is 59.2 Å². The van der Waals surface area contributed by atoms with Gasteiger partial charge in [0.05, 0.1) is 32.9 Å². The van der Waals surface area contributed by atoms with Crippen molar-refractivity contribution < 1.29 is 28.9 Å². The molecule has 0 radical (unpaired) electrons. The maximum absolute atomic E-state index is 13.4. The topological polar surface area (TPSA) is 88.5 Å². The number of hydrogen-bond donors (Lipinski definition) is 1. The molecule has 1 fully saturated rings. The lowest BCUT2D eigenvalue weighted by molar-refractivity contribution is -0.140. The molecule has 1 N–H and O–H groups in total. The van der Waals surface area contributed by atoms with Gasteiger partial charge in [0.1, 0.15) is 11.5 Å². The second kappa shape index (κ2) is 14.6. The molecule has 0 saturated carbocycles. The number of Topliss-reactive ketones (excluding diaryl/α,β-unsaturated/α-hetero) is 1. The van der Waals surface area contributed by atoms with Crippen molar-refractivity contribution in [1.82, 2.24) is 9.80 Å². The lowest BCUT2D eigenvalue weighted by atomic mass is 9.95. The Morgan fingerprint density at radius 1 is 0.846 bits per heavy atom. The Hall–Kier alpha value is -3.52. The summed E-state index contributed by atoms with van der Waals surface area (Å²) in [5.74, 6) is 0.117. The maximum atomic E-state index is 13.4. The van der Waals surface area contributed by atoms with Crippen LogP contribution in [0.3, 0.4) is 0 Å². The van der Waals surface area contributed by atoms with Gasteiger partial charge >= 0.3 is 0 Å². The SMILES string of the molecule is CCCCN(CCCC)CCCN1C(=O)C(=O)/C(=C(/O)c2ccc(OC)cc2)C1c1ccc(OC)c(OC)c1. The molecule has 8 nitrogen and oxygen atoms in total. The molecule has 1 atom stereocenters. The molecule has 1 unspecified atom stereocenters. The Balaban J connectivity index is 1.99. The van der Waals surface area contributed by atoms with Crippen molar-refractivity contribution in [2.45, 2.75) is 52.0 Å². The highest BCUT2D eigenvalue weighted by molar-refractivity contribution is 6.46. The molecule has 0 bridgehead atoms. The third-order valence-electron chi connectivity index (χ3n) is 7.16. The van der Waals surface area contributed by atoms with Gasteiger partial charge in [0.25, 0.3) is 11.7 Å². The fourth-order valence-corrected chi connectivity index (χ4v) is 4.95. The number of unbranched alkanes of at least 4 members (excludes halogenated alkanes) is 2. The summed E-state index contributed by atoms with van der Waals surface area (Å²) in [5.41, 5.74) is 1.16. The molecule has 1 aliphatic rings. The maximum Gasteiger partial charge on any atom is 0.295 e. The van der Waals surface area contributed by atoms with Gasteiger partial charge in [0.15, 0.2) is 11.5 Å². The number of carbonyl (C=O) groups is 2. The van der Waals surface area contributed by atoms with Crippen LogP contribution in [0.25, 0.3) is 5.76 Å². The number of aliphatic hydroxyl groups is 1. The monoisotopic (exact) mass is 538 g/mol. The van der Waals surface area contributed by atoms with Crippen LogP contribution in [0.5, 0.6) is 17.2 Å². The lowest BCUT2D eigenvalue weighted by Gasteiger charge is -2.28. The van der Waals surface area contributed by atoms with Crippen molar-refractivity contribution in [3.8, 4) is 17.2 Å². The zero-order valence-corrected chi connectivity index (χ0v) is 23.9. The molecule has 0 aromatic heterocycles. The van der Waals surface area contributed by atoms with E-state index in [-0.39, 0.29) is 11.3 Å². The number of methoxy groups -OCH3 is 3. The Morgan fingerprint density at radius 2 is 1.46 bits per heavy atom. The van der Waals surface area contributed by atoms with E-state index in [0.29, 0.717) is 41.3 Å². The fourth-order valence-electron chi connectivity index (χ4n) is 4.95. The molecule has 39 heavy (non-hydrogen) atoms. The van der Waals surface area contributed by atoms with Crippen LogP contribution in [0.4, 0.5) is 0 Å². The highest BCUT2D eigenvalue weighted by atomic mass is 16.5. The number of amides is 1. The summed E-state index contributed by atoms with van der Waals surface area (Å²) < 4.78 is 16.1. The Morgan fingerprint density at radius 3 is 2.03 bits per heavy atom. The van der Waals surface area contributed by atoms with Gasteiger partial charge in [-0.3, -0.25) is 9.59 Å². The van der Waals surface area contributed by atoms with Gasteiger partial charge < -0.3 is 29.1 Å². The van der Waals surface area contributed by atoms with Crippen molar-refractivity contribution in [1.29, 1.82) is 0 Å². The normalized spacial score (nSPS) is 16.7. The predicted octanol–water partition coefficient (Wildman–Crippen LogP) is 5.43. The smallest absolute Gasteiger partial charge is 0.295 e. The molecule has 1 saturated heterocycles. The average molecular weight is 539 g/mol. The summed E-state index contributed by atoms with van der Waals surface area (Å²) in [5, 5.41) is 11.3. The molecule has 212 valence electrons. The van der Waals surface area contributed by atoms with Crippen LogP contribution in [0.15, 0.2) is 48.0 Å². The van der Waals surface area contributed by atoms with Crippen LogP contribution in [0.2, 0.25) is 0 Å². The Bertz CT molecular complexity index is 1140. The molecular weight excluding hydrogens is 496 g/mol. The molecule has 1 amide bonds. The number of benzene rings is 2. The van der Waals surface area contributed by atoms with Crippen LogP contribution in [0.1, 0.15) is 63.1 Å². The summed E-state index contributed by atoms with van der Waals surface area (Å²) in [4.78, 5) is 30.8. The molecular formula is C31H42N2O6. The minimum absolute atomic E-state index is 0.0613. The zero-order valence-electron chi connectivity index (χ0n) is 23.9. The van der Waals surface area contributed by atoms with Crippen LogP contribution in [-0.4, -0.2) is 74.1 Å². The first kappa shape index (κ1) is 30.0. The minimum atomic E-state index is -0.758. The van der Waals surface area contributed by atoms with Gasteiger partial charge in [-0.05, 0) is 80.9 Å². The summed E-state index contributed by atoms with van der Waals surface area (Å²) in [6.45, 7) is 7.63. The van der Waals surface area contributed by atoms with E-state index in [0.717, 1.165) is 45.3 Å². The molecule has 0 aliphatic carbocycles. The molecule has 0 spiro atoms. The lowest BCUT2D eigenvalue weighted by Crippen LogP contribution is -2.34. The fraction of sp³-hybridized carbons (Fsp3) is 0.484. The van der Waals surface area contributed by atoms with Gasteiger partial charge in [0.2, 0.25) is 0 Å². The van der Waals surface area contributed by atoms with Crippen molar-refractivity contribution in [2.24, 2.45) is 0 Å². The van der Waals surface area contributed by atoms with E-state index in [2.05, 4.69) is 18.7 Å². The minimum Gasteiger partial charge on any atom is -0.507 e. The summed E-state index contributed by atoms with van der Waals surface area (Å²) in [6, 6.07) is 11.3. The van der Waals surface area contributed by atoms with Crippen LogP contribution in [-0.2, 0) is 9.59 Å². The first-order valence-electron chi connectivity index (χ1n) is 13.8. The van der Waals surface area contributed by atoms with Gasteiger partial charge in [-0.2, -0.15) is 0 Å². The van der Waals surface area contributed by atoms with Gasteiger partial charge in [-0.1, -0.05) is 32.8 Å². The van der Waals surface area contributed by atoms with E-state index in [1.165, 1.54) is 7.11 Å². The Labute approximate surface area is 232 Å². The van der Waals surface area contributed by atoms with E-state index < -0.39 is 17.7 Å². The number of hydrogen-bond acceptors (Lipinski definition) is 7. The largest absolute Gasteiger partial charge is 0.507 e. The third-order valence-corrected chi connectivity index (χ3v) is 7.16. The van der Waals surface area contributed by atoms with E-state index in [9.17, 15) is 14.7 Å². The standard InChI is InChI=1S/C31H42N2O6/c1-6-8-17-32(18-9-7-2)19-10-20-33-28(23-13-16-25(38-4)26(21-23)39-5)27(30(35)31(33)36)29(34)22-11-14-24(37-3)15-12-22/h11-16,21,28,34H,6-10,17-20H2,1-5H3/b29-27+. The number of nitrogens with zero attached hydrogens (tertiary/aromatic N) is 2. The second-order valence-corrected chi connectivity index (χ2v) is 9.74. The van der Waals surface area contributed by atoms with Crippen LogP contribution < -0.4 is 14.2 Å². The summed E-state index contributed by atoms with van der Waals surface area (Å²) in [6.07, 6.45) is 5.22. The second-order valence-electron chi connectivity index (χ2n) is 9.74. The number of rotatable bonds is 15. The molecule has 2 aromatic rings. The van der Waals surface area contributed by atoms with E-state index >= 15 is 0 Å². The molecule has 3 rings (SSSR count). The molecule has 1 aliphatic heterocycles. The number of ether oxygens (including phenoxy) is 3. The zero-order chi connectivity index (χ0) is 28.4. The van der Waals surface area contributed by atoms with E-state index in [1.807, 2.05) is 0 Å². The number of ketones is 1. The van der Waals surface area contributed by atoms with Crippen molar-refractivity contribution in [2.75, 3.05) is 47.5 Å². The van der Waals surface area contributed by atoms with Gasteiger partial charge in [0, 0.05) is 12.1 Å². The van der Waals surface area contributed by atoms with Gasteiger partial charge in [-0.15, -0.1) is 0 Å². The van der Waals surface area contributed by atoms with Crippen molar-refractivity contribution in [3.63, 3.8) is 0 Å². The first-order chi connectivity index (χ1) is 18.9. The first-order valence-corrected chi connectivity index (χ1v) is 13.8. The molecule has 8 heteroatoms. The Kier molecular flexibility index (Phi) is 11.2. The summed E-state index contributed by atoms with van der Waals surface area (Å²) in [7, 11) is 4.65. The number of carbonyl (C=O) groups excluding carboxylic acids is 2. The molecule has 1 heterocycles. The van der Waals surface area contributed by atoms with E-state index in [1.54, 1.807) is 61.6 Å². The third kappa shape index (κ3) is 7.12. The van der Waals surface area contributed by atoms with Crippen LogP contribution in [0, 0.1) is 0 Å². The summed E-state index contributed by atoms with van der Waals surface area (Å²) >= 11 is 0. The quantitative estimate of drug-likeness (QED) is 0.184. The van der Waals surface area contributed by atoms with Gasteiger partial charge in [-0.25, -0.2) is 0 Å². The predicted molar refractivity (Wildman–Crippen MR) is 152 cm³/mol. The number of likely N-dealkylation sites (tertiary alicyclic amines) is 1. The highest BCUT2D eigenvalue weighted by Gasteiger charge is 2.46. The van der Waals surface area contributed by atoms with Crippen LogP contribution >= 0.6 is 0 Å². The molecule has 2 aromatic carbocycles. The van der Waals surface area contributed by atoms with Crippen molar-refractivity contribution >= 4 is 17.4 Å². The average Bonchev–Trinajstić information content (AvgIpc) is 3.22. The highest BCUT2D eigenvalue weighted by Crippen LogP contribution is 2.42. The number of aliphatic hydroxyl groups excluding tert-OH is 1.